The van der Waals surface area contributed by atoms with Gasteiger partial charge in [-0.15, -0.1) is 0 Å². The number of aromatic nitrogens is 1. The van der Waals surface area contributed by atoms with Gasteiger partial charge >= 0.3 is 0 Å². The third-order valence-electron chi connectivity index (χ3n) is 3.41. The zero-order valence-corrected chi connectivity index (χ0v) is 12.2. The van der Waals surface area contributed by atoms with E-state index in [0.717, 1.165) is 17.9 Å². The zero-order valence-electron chi connectivity index (χ0n) is 11.4. The molecule has 6 heteroatoms. The molecule has 1 atom stereocenters. The van der Waals surface area contributed by atoms with Gasteiger partial charge in [0.25, 0.3) is 0 Å². The summed E-state index contributed by atoms with van der Waals surface area (Å²) < 4.78 is 28.6. The molecule has 2 heterocycles. The molecule has 0 bridgehead atoms. The zero-order chi connectivity index (χ0) is 13.9. The van der Waals surface area contributed by atoms with Crippen LogP contribution in [0.25, 0.3) is 0 Å². The molecular formula is C13H20N2O3S. The molecule has 1 saturated heterocycles. The van der Waals surface area contributed by atoms with Gasteiger partial charge < -0.3 is 4.74 Å². The molecule has 0 aromatic carbocycles. The molecule has 0 saturated carbocycles. The van der Waals surface area contributed by atoms with Crippen LogP contribution in [0.3, 0.4) is 0 Å². The second-order valence-corrected chi connectivity index (χ2v) is 7.25. The molecule has 0 spiro atoms. The van der Waals surface area contributed by atoms with Crippen molar-refractivity contribution >= 4 is 9.84 Å². The maximum atomic E-state index is 11.7. The van der Waals surface area contributed by atoms with Gasteiger partial charge in [0.1, 0.15) is 5.75 Å². The first kappa shape index (κ1) is 14.3. The lowest BCUT2D eigenvalue weighted by Crippen LogP contribution is -2.35. The Labute approximate surface area is 114 Å². The number of sulfone groups is 1. The van der Waals surface area contributed by atoms with Gasteiger partial charge in [-0.2, -0.15) is 0 Å². The molecule has 1 fully saturated rings. The minimum atomic E-state index is -2.89. The lowest BCUT2D eigenvalue weighted by atomic mass is 10.2. The topological polar surface area (TPSA) is 59.5 Å². The molecule has 1 aromatic rings. The summed E-state index contributed by atoms with van der Waals surface area (Å²) in [5.41, 5.74) is 1.05. The first-order valence-corrected chi connectivity index (χ1v) is 8.25. The number of pyridine rings is 1. The first-order chi connectivity index (χ1) is 9.00. The van der Waals surface area contributed by atoms with Crippen molar-refractivity contribution in [3.8, 4) is 5.75 Å². The van der Waals surface area contributed by atoms with Crippen molar-refractivity contribution < 1.29 is 13.2 Å². The van der Waals surface area contributed by atoms with E-state index in [9.17, 15) is 8.42 Å². The first-order valence-electron chi connectivity index (χ1n) is 6.42. The van der Waals surface area contributed by atoms with Crippen molar-refractivity contribution in [3.63, 3.8) is 0 Å². The second kappa shape index (κ2) is 5.88. The van der Waals surface area contributed by atoms with Gasteiger partial charge in [0.2, 0.25) is 0 Å². The van der Waals surface area contributed by atoms with E-state index in [4.69, 9.17) is 4.74 Å². The quantitative estimate of drug-likeness (QED) is 0.832. The van der Waals surface area contributed by atoms with Crippen LogP contribution in [0.5, 0.6) is 5.75 Å². The molecule has 5 nitrogen and oxygen atoms in total. The SMILES string of the molecule is COc1cncc(CN2CCCS(=O)(=O)CC2C)c1. The van der Waals surface area contributed by atoms with E-state index in [1.54, 1.807) is 19.5 Å². The summed E-state index contributed by atoms with van der Waals surface area (Å²) in [6.45, 7) is 3.48. The molecule has 2 rings (SSSR count). The molecule has 106 valence electrons. The Morgan fingerprint density at radius 2 is 2.26 bits per heavy atom. The van der Waals surface area contributed by atoms with Crippen molar-refractivity contribution in [1.82, 2.24) is 9.88 Å². The molecule has 19 heavy (non-hydrogen) atoms. The number of hydrogen-bond acceptors (Lipinski definition) is 5. The van der Waals surface area contributed by atoms with Crippen LogP contribution in [-0.2, 0) is 16.4 Å². The van der Waals surface area contributed by atoms with E-state index in [-0.39, 0.29) is 11.8 Å². The van der Waals surface area contributed by atoms with Crippen LogP contribution >= 0.6 is 0 Å². The lowest BCUT2D eigenvalue weighted by Gasteiger charge is -2.26. The largest absolute Gasteiger partial charge is 0.495 e. The number of nitrogens with zero attached hydrogens (tertiary/aromatic N) is 2. The standard InChI is InChI=1S/C13H20N2O3S/c1-11-10-19(16,17)5-3-4-15(11)9-12-6-13(18-2)8-14-7-12/h6-8,11H,3-5,9-10H2,1-2H3. The summed E-state index contributed by atoms with van der Waals surface area (Å²) in [4.78, 5) is 6.32. The van der Waals surface area contributed by atoms with E-state index in [1.165, 1.54) is 0 Å². The van der Waals surface area contributed by atoms with Gasteiger partial charge in [-0.25, -0.2) is 8.42 Å². The fraction of sp³-hybridized carbons (Fsp3) is 0.615. The highest BCUT2D eigenvalue weighted by Gasteiger charge is 2.25. The molecule has 0 amide bonds. The van der Waals surface area contributed by atoms with E-state index in [2.05, 4.69) is 9.88 Å². The maximum Gasteiger partial charge on any atom is 0.151 e. The van der Waals surface area contributed by atoms with Crippen molar-refractivity contribution in [2.75, 3.05) is 25.2 Å². The van der Waals surface area contributed by atoms with E-state index < -0.39 is 9.84 Å². The second-order valence-electron chi connectivity index (χ2n) is 5.02. The highest BCUT2D eigenvalue weighted by atomic mass is 32.2. The van der Waals surface area contributed by atoms with Gasteiger partial charge in [0.15, 0.2) is 9.84 Å². The summed E-state index contributed by atoms with van der Waals surface area (Å²) in [5.74, 6) is 1.27. The summed E-state index contributed by atoms with van der Waals surface area (Å²) >= 11 is 0. The Balaban J connectivity index is 2.09. The van der Waals surface area contributed by atoms with Crippen LogP contribution in [0.1, 0.15) is 18.9 Å². The van der Waals surface area contributed by atoms with E-state index >= 15 is 0 Å². The van der Waals surface area contributed by atoms with Gasteiger partial charge in [0, 0.05) is 18.8 Å². The third-order valence-corrected chi connectivity index (χ3v) is 5.31. The monoisotopic (exact) mass is 284 g/mol. The number of ether oxygens (including phenoxy) is 1. The average molecular weight is 284 g/mol. The predicted octanol–water partition coefficient (Wildman–Crippen LogP) is 1.10. The smallest absolute Gasteiger partial charge is 0.151 e. The Morgan fingerprint density at radius 1 is 1.47 bits per heavy atom. The maximum absolute atomic E-state index is 11.7. The van der Waals surface area contributed by atoms with E-state index in [1.807, 2.05) is 13.0 Å². The van der Waals surface area contributed by atoms with Gasteiger partial charge in [-0.1, -0.05) is 0 Å². The highest BCUT2D eigenvalue weighted by Crippen LogP contribution is 2.17. The number of methoxy groups -OCH3 is 1. The minimum absolute atomic E-state index is 0.0405. The van der Waals surface area contributed by atoms with E-state index in [0.29, 0.717) is 18.7 Å². The molecule has 1 aliphatic rings. The molecule has 1 aromatic heterocycles. The van der Waals surface area contributed by atoms with Crippen LogP contribution < -0.4 is 4.74 Å². The summed E-state index contributed by atoms with van der Waals surface area (Å²) in [7, 11) is -1.28. The van der Waals surface area contributed by atoms with Crippen LogP contribution in [-0.4, -0.2) is 49.5 Å². The van der Waals surface area contributed by atoms with Gasteiger partial charge in [-0.05, 0) is 31.5 Å². The van der Waals surface area contributed by atoms with Crippen molar-refractivity contribution in [1.29, 1.82) is 0 Å². The fourth-order valence-corrected chi connectivity index (χ4v) is 4.08. The lowest BCUT2D eigenvalue weighted by molar-refractivity contribution is 0.219. The third kappa shape index (κ3) is 3.91. The molecule has 1 unspecified atom stereocenters. The van der Waals surface area contributed by atoms with Gasteiger partial charge in [0.05, 0.1) is 24.8 Å². The van der Waals surface area contributed by atoms with Crippen LogP contribution in [0, 0.1) is 0 Å². The number of rotatable bonds is 3. The molecule has 0 aliphatic carbocycles. The Bertz CT molecular complexity index is 530. The molecule has 1 aliphatic heterocycles. The van der Waals surface area contributed by atoms with Crippen molar-refractivity contribution in [2.24, 2.45) is 0 Å². The highest BCUT2D eigenvalue weighted by molar-refractivity contribution is 7.91. The van der Waals surface area contributed by atoms with Crippen LogP contribution in [0.4, 0.5) is 0 Å². The van der Waals surface area contributed by atoms with Crippen LogP contribution in [0.15, 0.2) is 18.5 Å². The average Bonchev–Trinajstić information content (AvgIpc) is 2.48. The Hall–Kier alpha value is -1.14. The summed E-state index contributed by atoms with van der Waals surface area (Å²) in [5, 5.41) is 0. The molecule has 0 radical (unpaired) electrons. The molecule has 0 N–H and O–H groups in total. The fourth-order valence-electron chi connectivity index (χ4n) is 2.40. The van der Waals surface area contributed by atoms with Crippen molar-refractivity contribution in [3.05, 3.63) is 24.0 Å². The Kier molecular flexibility index (Phi) is 4.42. The minimum Gasteiger partial charge on any atom is -0.495 e. The number of hydrogen-bond donors (Lipinski definition) is 0. The normalized spacial score (nSPS) is 23.8. The van der Waals surface area contributed by atoms with Crippen molar-refractivity contribution in [2.45, 2.75) is 25.9 Å². The summed E-state index contributed by atoms with van der Waals surface area (Å²) in [6, 6.07) is 1.98. The Morgan fingerprint density at radius 3 is 3.00 bits per heavy atom. The van der Waals surface area contributed by atoms with Crippen LogP contribution in [0.2, 0.25) is 0 Å². The predicted molar refractivity (Wildman–Crippen MR) is 73.9 cm³/mol. The molecular weight excluding hydrogens is 264 g/mol. The summed E-state index contributed by atoms with van der Waals surface area (Å²) in [6.07, 6.45) is 4.17. The van der Waals surface area contributed by atoms with Gasteiger partial charge in [-0.3, -0.25) is 9.88 Å².